The lowest BCUT2D eigenvalue weighted by molar-refractivity contribution is 0.420. The monoisotopic (exact) mass is 276 g/mol. The van der Waals surface area contributed by atoms with Crippen LogP contribution in [0.1, 0.15) is 26.7 Å². The van der Waals surface area contributed by atoms with E-state index in [1.165, 1.54) is 0 Å². The van der Waals surface area contributed by atoms with Gasteiger partial charge in [0.15, 0.2) is 0 Å². The fourth-order valence-corrected chi connectivity index (χ4v) is 6.90. The van der Waals surface area contributed by atoms with Crippen LogP contribution in [0.2, 0.25) is 0 Å². The van der Waals surface area contributed by atoms with E-state index in [4.69, 9.17) is 0 Å². The van der Waals surface area contributed by atoms with Gasteiger partial charge in [-0.15, -0.1) is 14.5 Å². The molecule has 2 aliphatic heterocycles. The summed E-state index contributed by atoms with van der Waals surface area (Å²) in [6, 6.07) is 0. The van der Waals surface area contributed by atoms with Gasteiger partial charge in [0.1, 0.15) is 5.25 Å². The Kier molecular flexibility index (Phi) is 3.86. The van der Waals surface area contributed by atoms with Gasteiger partial charge in [0.25, 0.3) is 0 Å². The topological polar surface area (TPSA) is 29.5 Å². The highest BCUT2D eigenvalue weighted by atomic mass is 32.3. The van der Waals surface area contributed by atoms with E-state index in [-0.39, 0.29) is 5.25 Å². The second-order valence-corrected chi connectivity index (χ2v) is 10.8. The van der Waals surface area contributed by atoms with Crippen LogP contribution in [0, 0.1) is 0 Å². The third-order valence-corrected chi connectivity index (χ3v) is 9.55. The molecule has 0 aromatic rings. The Balaban J connectivity index is 1.95. The maximum Gasteiger partial charge on any atom is 0.130 e. The molecule has 0 radical (unpaired) electrons. The number of rotatable bonds is 3. The minimum absolute atomic E-state index is 0.243. The minimum Gasteiger partial charge on any atom is -0.598 e. The van der Waals surface area contributed by atoms with E-state index < -0.39 is 21.6 Å². The summed E-state index contributed by atoms with van der Waals surface area (Å²) in [6.45, 7) is 6.02. The molecule has 1 atom stereocenters. The highest BCUT2D eigenvalue weighted by Crippen LogP contribution is 2.78. The zero-order valence-corrected chi connectivity index (χ0v) is 13.2. The van der Waals surface area contributed by atoms with E-state index in [1.807, 2.05) is 13.8 Å². The summed E-state index contributed by atoms with van der Waals surface area (Å²) >= 11 is -0.797. The predicted molar refractivity (Wildman–Crippen MR) is 78.3 cm³/mol. The van der Waals surface area contributed by atoms with Crippen molar-refractivity contribution in [1.29, 1.82) is 0 Å². The Morgan fingerprint density at radius 3 is 2.06 bits per heavy atom. The average molecular weight is 276 g/mol. The number of nitrogens with zero attached hydrogens (tertiary/aromatic N) is 2. The van der Waals surface area contributed by atoms with E-state index in [1.54, 1.807) is 9.81 Å². The molecule has 0 amide bonds. The van der Waals surface area contributed by atoms with Crippen LogP contribution in [0.3, 0.4) is 0 Å². The minimum atomic E-state index is -0.797. The molecule has 17 heavy (non-hydrogen) atoms. The molecular formula is C12H24N2OS2. The first-order chi connectivity index (χ1) is 7.89. The van der Waals surface area contributed by atoms with Crippen molar-refractivity contribution in [3.63, 3.8) is 0 Å². The summed E-state index contributed by atoms with van der Waals surface area (Å²) < 4.78 is 16.6. The predicted octanol–water partition coefficient (Wildman–Crippen LogP) is 2.29. The van der Waals surface area contributed by atoms with E-state index in [0.717, 1.165) is 25.9 Å². The lowest BCUT2D eigenvalue weighted by Gasteiger charge is -2.32. The van der Waals surface area contributed by atoms with Crippen molar-refractivity contribution >= 4 is 21.6 Å². The van der Waals surface area contributed by atoms with Crippen LogP contribution >= 0.6 is 10.2 Å². The lowest BCUT2D eigenvalue weighted by Crippen LogP contribution is -2.37. The van der Waals surface area contributed by atoms with E-state index in [2.05, 4.69) is 29.0 Å². The van der Waals surface area contributed by atoms with Gasteiger partial charge >= 0.3 is 0 Å². The van der Waals surface area contributed by atoms with E-state index in [9.17, 15) is 4.55 Å². The summed E-state index contributed by atoms with van der Waals surface area (Å²) in [7, 11) is 3.72. The fraction of sp³-hybridized carbons (Fsp3) is 0.833. The Bertz CT molecular complexity index is 323. The summed E-state index contributed by atoms with van der Waals surface area (Å²) in [4.78, 5) is 3.34. The summed E-state index contributed by atoms with van der Waals surface area (Å²) in [6.07, 6.45) is 4.64. The smallest absolute Gasteiger partial charge is 0.130 e. The molecule has 0 saturated heterocycles. The maximum absolute atomic E-state index is 12.1. The quantitative estimate of drug-likeness (QED) is 0.741. The maximum atomic E-state index is 12.1. The van der Waals surface area contributed by atoms with Crippen LogP contribution in [-0.4, -0.2) is 51.9 Å². The molecule has 2 heterocycles. The van der Waals surface area contributed by atoms with Gasteiger partial charge < -0.3 is 4.55 Å². The Labute approximate surface area is 110 Å². The summed E-state index contributed by atoms with van der Waals surface area (Å²) in [5, 5.41) is 0.243. The summed E-state index contributed by atoms with van der Waals surface area (Å²) in [5.41, 5.74) is 0. The highest BCUT2D eigenvalue weighted by molar-refractivity contribution is 8.42. The molecule has 100 valence electrons. The molecule has 0 fully saturated rings. The molecule has 0 bridgehead atoms. The van der Waals surface area contributed by atoms with Crippen molar-refractivity contribution in [1.82, 2.24) is 8.61 Å². The Hall–Kier alpha value is 0.320. The molecule has 0 aromatic heterocycles. The van der Waals surface area contributed by atoms with E-state index >= 15 is 0 Å². The first-order valence-electron chi connectivity index (χ1n) is 6.22. The van der Waals surface area contributed by atoms with Gasteiger partial charge in [0.2, 0.25) is 0 Å². The highest BCUT2D eigenvalue weighted by Gasteiger charge is 2.47. The second-order valence-electron chi connectivity index (χ2n) is 5.29. The van der Waals surface area contributed by atoms with Gasteiger partial charge in [0.05, 0.1) is 0 Å². The van der Waals surface area contributed by atoms with E-state index in [0.29, 0.717) is 0 Å². The molecule has 0 spiro atoms. The second kappa shape index (κ2) is 4.78. The van der Waals surface area contributed by atoms with Crippen LogP contribution in [-0.2, 0) is 11.4 Å². The largest absolute Gasteiger partial charge is 0.598 e. The third kappa shape index (κ3) is 2.28. The molecule has 0 N–H and O–H groups in total. The van der Waals surface area contributed by atoms with Crippen LogP contribution in [0.25, 0.3) is 0 Å². The normalized spacial score (nSPS) is 28.0. The molecule has 3 nitrogen and oxygen atoms in total. The number of hydrogen-bond acceptors (Lipinski definition) is 3. The first kappa shape index (κ1) is 13.7. The van der Waals surface area contributed by atoms with Gasteiger partial charge in [-0.3, -0.25) is 4.31 Å². The molecule has 1 unspecified atom stereocenters. The first-order valence-corrected chi connectivity index (χ1v) is 9.39. The molecule has 2 aliphatic rings. The van der Waals surface area contributed by atoms with Crippen LogP contribution in [0.15, 0.2) is 9.81 Å². The third-order valence-electron chi connectivity index (χ3n) is 3.79. The fourth-order valence-electron chi connectivity index (χ4n) is 2.55. The Morgan fingerprint density at radius 1 is 1.24 bits per heavy atom. The van der Waals surface area contributed by atoms with Crippen LogP contribution in [0.5, 0.6) is 0 Å². The van der Waals surface area contributed by atoms with Crippen molar-refractivity contribution in [3.05, 3.63) is 9.81 Å². The van der Waals surface area contributed by atoms with Crippen molar-refractivity contribution < 1.29 is 4.55 Å². The van der Waals surface area contributed by atoms with Crippen molar-refractivity contribution in [2.24, 2.45) is 0 Å². The van der Waals surface area contributed by atoms with Crippen molar-refractivity contribution in [3.8, 4) is 0 Å². The van der Waals surface area contributed by atoms with Crippen molar-refractivity contribution in [2.45, 2.75) is 31.9 Å². The zero-order valence-electron chi connectivity index (χ0n) is 11.5. The molecule has 5 heteroatoms. The van der Waals surface area contributed by atoms with Gasteiger partial charge in [0, 0.05) is 24.5 Å². The lowest BCUT2D eigenvalue weighted by atomic mass is 10.4. The Morgan fingerprint density at radius 2 is 1.71 bits per heavy atom. The number of hydrogen-bond donors (Lipinski definition) is 0. The van der Waals surface area contributed by atoms with Gasteiger partial charge in [-0.1, -0.05) is 0 Å². The SMILES string of the molecule is CC(C)[S+]([O-])N1CCC2=C(CC1)S2(C)N(C)C. The zero-order chi connectivity index (χ0) is 12.8. The van der Waals surface area contributed by atoms with Crippen LogP contribution < -0.4 is 0 Å². The molecule has 2 rings (SSSR count). The van der Waals surface area contributed by atoms with Crippen LogP contribution in [0.4, 0.5) is 0 Å². The van der Waals surface area contributed by atoms with Crippen molar-refractivity contribution in [2.75, 3.05) is 33.4 Å². The average Bonchev–Trinajstić information content (AvgIpc) is 2.90. The molecule has 0 aliphatic carbocycles. The van der Waals surface area contributed by atoms with Gasteiger partial charge in [-0.25, -0.2) is 0 Å². The molecule has 0 aromatic carbocycles. The summed E-state index contributed by atoms with van der Waals surface area (Å²) in [5.74, 6) is 0. The van der Waals surface area contributed by atoms with Gasteiger partial charge in [-0.05, 0) is 56.9 Å². The molecular weight excluding hydrogens is 252 g/mol. The molecule has 0 saturated carbocycles. The standard InChI is InChI=1S/C12H24N2OS2/c1-10(2)16(15)14-8-6-11-12(7-9-14)17(11,5)13(3)4/h10H,6-9H2,1-5H3. The van der Waals surface area contributed by atoms with Gasteiger partial charge in [-0.2, -0.15) is 0 Å².